The summed E-state index contributed by atoms with van der Waals surface area (Å²) in [4.78, 5) is 12.0. The summed E-state index contributed by atoms with van der Waals surface area (Å²) in [5.74, 6) is 0.738. The fourth-order valence-electron chi connectivity index (χ4n) is 5.79. The molecule has 0 aliphatic heterocycles. The molecule has 0 saturated heterocycles. The van der Waals surface area contributed by atoms with Crippen LogP contribution in [0.1, 0.15) is 68.6 Å². The van der Waals surface area contributed by atoms with Crippen LogP contribution in [0.25, 0.3) is 0 Å². The number of aryl methyl sites for hydroxylation is 2. The van der Waals surface area contributed by atoms with Crippen LogP contribution in [0, 0.1) is 11.7 Å². The number of carboxylic acid groups (broad SMARTS) is 1. The summed E-state index contributed by atoms with van der Waals surface area (Å²) in [7, 11) is 3.28. The van der Waals surface area contributed by atoms with Crippen LogP contribution in [-0.2, 0) is 23.1 Å². The van der Waals surface area contributed by atoms with E-state index in [-0.39, 0.29) is 30.6 Å². The summed E-state index contributed by atoms with van der Waals surface area (Å²) in [5.41, 5.74) is 2.83. The third kappa shape index (κ3) is 7.36. The number of fused-ring (bicyclic) bond motifs is 1. The third-order valence-corrected chi connectivity index (χ3v) is 7.53. The number of carbonyl (C=O) groups is 1. The van der Waals surface area contributed by atoms with Crippen LogP contribution >= 0.6 is 12.4 Å². The molecule has 0 amide bonds. The SMILES string of the molecule is CCCCC1(CC(=O)O)c2ccc(F)cc2CCC1CCNCCCc1ccc(OC)c(OC)c1.Cl. The van der Waals surface area contributed by atoms with Crippen molar-refractivity contribution in [2.75, 3.05) is 27.3 Å². The van der Waals surface area contributed by atoms with Crippen LogP contribution < -0.4 is 14.8 Å². The summed E-state index contributed by atoms with van der Waals surface area (Å²) < 4.78 is 24.6. The number of methoxy groups -OCH3 is 2. The average Bonchev–Trinajstić information content (AvgIpc) is 2.85. The number of aliphatic carboxylic acids is 1. The third-order valence-electron chi connectivity index (χ3n) is 7.53. The van der Waals surface area contributed by atoms with E-state index in [1.807, 2.05) is 18.2 Å². The lowest BCUT2D eigenvalue weighted by Crippen LogP contribution is -2.43. The van der Waals surface area contributed by atoms with E-state index in [0.29, 0.717) is 0 Å². The maximum atomic E-state index is 13.9. The average molecular weight is 522 g/mol. The molecule has 5 nitrogen and oxygen atoms in total. The molecule has 2 aromatic carbocycles. The normalized spacial score (nSPS) is 18.7. The second-order valence-corrected chi connectivity index (χ2v) is 9.70. The molecule has 0 bridgehead atoms. The van der Waals surface area contributed by atoms with E-state index in [1.165, 1.54) is 11.6 Å². The molecule has 2 N–H and O–H groups in total. The van der Waals surface area contributed by atoms with Crippen LogP contribution in [0.5, 0.6) is 11.5 Å². The minimum Gasteiger partial charge on any atom is -0.493 e. The number of rotatable bonds is 14. The second kappa shape index (κ2) is 14.4. The molecule has 0 heterocycles. The van der Waals surface area contributed by atoms with Gasteiger partial charge in [-0.05, 0) is 98.5 Å². The van der Waals surface area contributed by atoms with E-state index in [1.54, 1.807) is 20.3 Å². The lowest BCUT2D eigenvalue weighted by molar-refractivity contribution is -0.139. The molecule has 2 atom stereocenters. The van der Waals surface area contributed by atoms with Crippen molar-refractivity contribution in [3.05, 3.63) is 58.9 Å². The van der Waals surface area contributed by atoms with E-state index in [4.69, 9.17) is 9.47 Å². The molecule has 2 aromatic rings. The Bertz CT molecular complexity index is 986. The molecule has 0 spiro atoms. The number of halogens is 2. The van der Waals surface area contributed by atoms with Gasteiger partial charge in [0.15, 0.2) is 11.5 Å². The molecule has 0 aromatic heterocycles. The fraction of sp³-hybridized carbons (Fsp3) is 0.552. The summed E-state index contributed by atoms with van der Waals surface area (Å²) in [5, 5.41) is 13.4. The Morgan fingerprint density at radius 1 is 1.11 bits per heavy atom. The van der Waals surface area contributed by atoms with E-state index in [2.05, 4.69) is 18.3 Å². The highest BCUT2D eigenvalue weighted by molar-refractivity contribution is 5.85. The van der Waals surface area contributed by atoms with Gasteiger partial charge in [0, 0.05) is 5.41 Å². The van der Waals surface area contributed by atoms with Crippen molar-refractivity contribution < 1.29 is 23.8 Å². The number of nitrogens with one attached hydrogen (secondary N) is 1. The minimum absolute atomic E-state index is 0. The molecule has 200 valence electrons. The number of ether oxygens (including phenoxy) is 2. The standard InChI is InChI=1S/C29H40FNO4.ClH/c1-4-5-15-29(20-28(32)33)23(10-9-22-19-24(30)11-12-25(22)29)14-17-31-16-6-7-21-8-13-26(34-2)27(18-21)35-3;/h8,11-13,18-19,23,31H,4-7,9-10,14-17,20H2,1-3H3,(H,32,33);1H. The van der Waals surface area contributed by atoms with Gasteiger partial charge < -0.3 is 19.9 Å². The lowest BCUT2D eigenvalue weighted by atomic mass is 9.58. The molecule has 3 rings (SSSR count). The molecular weight excluding hydrogens is 481 g/mol. The highest BCUT2D eigenvalue weighted by Crippen LogP contribution is 2.49. The van der Waals surface area contributed by atoms with Crippen molar-refractivity contribution >= 4 is 18.4 Å². The van der Waals surface area contributed by atoms with Gasteiger partial charge in [-0.15, -0.1) is 12.4 Å². The minimum atomic E-state index is -0.772. The van der Waals surface area contributed by atoms with E-state index >= 15 is 0 Å². The summed E-state index contributed by atoms with van der Waals surface area (Å²) >= 11 is 0. The van der Waals surface area contributed by atoms with Crippen molar-refractivity contribution in [1.82, 2.24) is 5.32 Å². The van der Waals surface area contributed by atoms with E-state index in [0.717, 1.165) is 87.1 Å². The monoisotopic (exact) mass is 521 g/mol. The quantitative estimate of drug-likeness (QED) is 0.284. The highest BCUT2D eigenvalue weighted by atomic mass is 35.5. The molecule has 1 aliphatic carbocycles. The Balaban J connectivity index is 0.00000456. The van der Waals surface area contributed by atoms with Gasteiger partial charge in [0.25, 0.3) is 0 Å². The molecule has 7 heteroatoms. The largest absolute Gasteiger partial charge is 0.493 e. The lowest BCUT2D eigenvalue weighted by Gasteiger charge is -2.45. The van der Waals surface area contributed by atoms with Crippen LogP contribution in [0.2, 0.25) is 0 Å². The zero-order chi connectivity index (χ0) is 25.3. The Kier molecular flexibility index (Phi) is 12.0. The topological polar surface area (TPSA) is 67.8 Å². The van der Waals surface area contributed by atoms with Gasteiger partial charge in [-0.25, -0.2) is 4.39 Å². The fourth-order valence-corrected chi connectivity index (χ4v) is 5.79. The van der Waals surface area contributed by atoms with Crippen molar-refractivity contribution in [3.63, 3.8) is 0 Å². The first kappa shape index (κ1) is 29.9. The van der Waals surface area contributed by atoms with Gasteiger partial charge in [0.1, 0.15) is 5.82 Å². The van der Waals surface area contributed by atoms with E-state index < -0.39 is 11.4 Å². The van der Waals surface area contributed by atoms with Crippen LogP contribution in [0.4, 0.5) is 4.39 Å². The Morgan fingerprint density at radius 3 is 2.58 bits per heavy atom. The summed E-state index contributed by atoms with van der Waals surface area (Å²) in [6, 6.07) is 11.0. The van der Waals surface area contributed by atoms with Crippen LogP contribution in [0.15, 0.2) is 36.4 Å². The number of carboxylic acids is 1. The van der Waals surface area contributed by atoms with Crippen molar-refractivity contribution in [2.45, 2.75) is 70.1 Å². The van der Waals surface area contributed by atoms with Crippen molar-refractivity contribution in [3.8, 4) is 11.5 Å². The zero-order valence-electron chi connectivity index (χ0n) is 21.8. The van der Waals surface area contributed by atoms with Gasteiger partial charge in [0.05, 0.1) is 20.6 Å². The van der Waals surface area contributed by atoms with Gasteiger partial charge in [-0.1, -0.05) is 31.9 Å². The smallest absolute Gasteiger partial charge is 0.304 e. The first-order chi connectivity index (χ1) is 16.9. The predicted molar refractivity (Wildman–Crippen MR) is 144 cm³/mol. The first-order valence-corrected chi connectivity index (χ1v) is 12.9. The van der Waals surface area contributed by atoms with Crippen LogP contribution in [-0.4, -0.2) is 38.4 Å². The second-order valence-electron chi connectivity index (χ2n) is 9.70. The number of hydrogen-bond acceptors (Lipinski definition) is 4. The summed E-state index contributed by atoms with van der Waals surface area (Å²) in [6.45, 7) is 3.88. The van der Waals surface area contributed by atoms with E-state index in [9.17, 15) is 14.3 Å². The number of unbranched alkanes of at least 4 members (excludes halogenated alkanes) is 1. The van der Waals surface area contributed by atoms with Crippen molar-refractivity contribution in [1.29, 1.82) is 0 Å². The molecule has 0 fully saturated rings. The molecule has 0 saturated carbocycles. The highest BCUT2D eigenvalue weighted by Gasteiger charge is 2.44. The van der Waals surface area contributed by atoms with Crippen LogP contribution in [0.3, 0.4) is 0 Å². The van der Waals surface area contributed by atoms with Gasteiger partial charge >= 0.3 is 5.97 Å². The predicted octanol–water partition coefficient (Wildman–Crippen LogP) is 6.34. The maximum Gasteiger partial charge on any atom is 0.304 e. The first-order valence-electron chi connectivity index (χ1n) is 12.9. The zero-order valence-corrected chi connectivity index (χ0v) is 22.6. The molecule has 1 aliphatic rings. The number of benzene rings is 2. The maximum absolute atomic E-state index is 13.9. The Morgan fingerprint density at radius 2 is 1.89 bits per heavy atom. The summed E-state index contributed by atoms with van der Waals surface area (Å²) in [6.07, 6.45) is 7.50. The molecule has 0 radical (unpaired) electrons. The van der Waals surface area contributed by atoms with Gasteiger partial charge in [-0.3, -0.25) is 4.79 Å². The van der Waals surface area contributed by atoms with Gasteiger partial charge in [-0.2, -0.15) is 0 Å². The Labute approximate surface area is 221 Å². The Hall–Kier alpha value is -2.31. The molecular formula is C29H41ClFNO4. The molecule has 2 unspecified atom stereocenters. The van der Waals surface area contributed by atoms with Crippen molar-refractivity contribution in [2.24, 2.45) is 5.92 Å². The number of hydrogen-bond donors (Lipinski definition) is 2. The van der Waals surface area contributed by atoms with Gasteiger partial charge in [0.2, 0.25) is 0 Å². The molecule has 36 heavy (non-hydrogen) atoms.